The molecule has 11 heteroatoms. The maximum Gasteiger partial charge on any atom is 0.332 e. The number of benzene rings is 1. The second kappa shape index (κ2) is 10.5. The molecule has 0 unspecified atom stereocenters. The van der Waals surface area contributed by atoms with E-state index in [1.165, 1.54) is 17.9 Å². The molecule has 3 heterocycles. The molecule has 0 spiro atoms. The predicted octanol–water partition coefficient (Wildman–Crippen LogP) is 0.614. The quantitative estimate of drug-likeness (QED) is 0.514. The Kier molecular flexibility index (Phi) is 7.39. The lowest BCUT2D eigenvalue weighted by Gasteiger charge is -2.34. The molecule has 1 N–H and O–H groups in total. The molecule has 0 radical (unpaired) electrons. The van der Waals surface area contributed by atoms with Gasteiger partial charge >= 0.3 is 5.69 Å². The Morgan fingerprint density at radius 3 is 2.47 bits per heavy atom. The van der Waals surface area contributed by atoms with Gasteiger partial charge in [-0.15, -0.1) is 0 Å². The average molecular weight is 496 g/mol. The lowest BCUT2D eigenvalue weighted by atomic mass is 10.1. The van der Waals surface area contributed by atoms with Gasteiger partial charge in [-0.3, -0.25) is 28.4 Å². The van der Waals surface area contributed by atoms with E-state index in [4.69, 9.17) is 0 Å². The molecule has 1 fully saturated rings. The SMILES string of the molecule is Cc1cccc(NC(=O)CN2CCN(C(=O)CCCn3cnc4c3c(=O)n(C)c(=O)n4C)CC2)c1C. The zero-order valence-electron chi connectivity index (χ0n) is 21.3. The number of nitrogens with zero attached hydrogens (tertiary/aromatic N) is 6. The molecule has 1 aromatic carbocycles. The zero-order chi connectivity index (χ0) is 26.0. The molecule has 4 rings (SSSR count). The van der Waals surface area contributed by atoms with Gasteiger partial charge in [0.25, 0.3) is 5.56 Å². The number of rotatable bonds is 7. The number of amides is 2. The number of anilines is 1. The molecular weight excluding hydrogens is 462 g/mol. The number of carbonyl (C=O) groups is 2. The summed E-state index contributed by atoms with van der Waals surface area (Å²) in [6.45, 7) is 7.19. The maximum absolute atomic E-state index is 12.7. The standard InChI is InChI=1S/C25H33N7O4/c1-17-7-5-8-19(18(17)2)27-20(33)15-30-11-13-31(14-12-30)21(34)9-6-10-32-16-26-23-22(32)24(35)29(4)25(36)28(23)3/h5,7-8,16H,6,9-15H2,1-4H3,(H,27,33). The highest BCUT2D eigenvalue weighted by atomic mass is 16.2. The van der Waals surface area contributed by atoms with Crippen LogP contribution in [0.2, 0.25) is 0 Å². The first-order chi connectivity index (χ1) is 17.2. The Morgan fingerprint density at radius 2 is 1.75 bits per heavy atom. The van der Waals surface area contributed by atoms with Crippen LogP contribution in [-0.4, -0.2) is 73.0 Å². The van der Waals surface area contributed by atoms with Crippen molar-refractivity contribution in [1.82, 2.24) is 28.5 Å². The first-order valence-corrected chi connectivity index (χ1v) is 12.1. The van der Waals surface area contributed by atoms with Crippen molar-refractivity contribution in [3.05, 3.63) is 56.5 Å². The Labute approximate surface area is 208 Å². The largest absolute Gasteiger partial charge is 0.340 e. The molecule has 11 nitrogen and oxygen atoms in total. The van der Waals surface area contributed by atoms with E-state index in [1.807, 2.05) is 36.9 Å². The Hall–Kier alpha value is -3.73. The van der Waals surface area contributed by atoms with Gasteiger partial charge in [-0.05, 0) is 37.5 Å². The van der Waals surface area contributed by atoms with Gasteiger partial charge in [-0.2, -0.15) is 0 Å². The molecule has 3 aromatic rings. The van der Waals surface area contributed by atoms with Gasteiger partial charge < -0.3 is 14.8 Å². The smallest absolute Gasteiger partial charge is 0.332 e. The van der Waals surface area contributed by atoms with E-state index in [1.54, 1.807) is 11.6 Å². The fourth-order valence-electron chi connectivity index (χ4n) is 4.56. The normalized spacial score (nSPS) is 14.4. The minimum absolute atomic E-state index is 0.0548. The zero-order valence-corrected chi connectivity index (χ0v) is 21.3. The van der Waals surface area contributed by atoms with Crippen molar-refractivity contribution in [1.29, 1.82) is 0 Å². The van der Waals surface area contributed by atoms with Crippen molar-refractivity contribution in [3.63, 3.8) is 0 Å². The number of carbonyl (C=O) groups excluding carboxylic acids is 2. The van der Waals surface area contributed by atoms with Crippen molar-refractivity contribution in [2.24, 2.45) is 14.1 Å². The third-order valence-electron chi connectivity index (χ3n) is 6.98. The fraction of sp³-hybridized carbons (Fsp3) is 0.480. The third kappa shape index (κ3) is 5.11. The lowest BCUT2D eigenvalue weighted by Crippen LogP contribution is -2.50. The van der Waals surface area contributed by atoms with E-state index in [9.17, 15) is 19.2 Å². The summed E-state index contributed by atoms with van der Waals surface area (Å²) in [6.07, 6.45) is 2.44. The third-order valence-corrected chi connectivity index (χ3v) is 6.98. The minimum atomic E-state index is -0.421. The number of fused-ring (bicyclic) bond motifs is 1. The molecule has 0 saturated carbocycles. The van der Waals surface area contributed by atoms with Gasteiger partial charge in [0, 0.05) is 58.9 Å². The number of hydrogen-bond donors (Lipinski definition) is 1. The molecular formula is C25H33N7O4. The summed E-state index contributed by atoms with van der Waals surface area (Å²) < 4.78 is 4.12. The van der Waals surface area contributed by atoms with E-state index in [0.717, 1.165) is 21.4 Å². The van der Waals surface area contributed by atoms with Crippen LogP contribution in [0.1, 0.15) is 24.0 Å². The highest BCUT2D eigenvalue weighted by molar-refractivity contribution is 5.93. The topological polar surface area (TPSA) is 114 Å². The van der Waals surface area contributed by atoms with Crippen LogP contribution in [0.3, 0.4) is 0 Å². The van der Waals surface area contributed by atoms with E-state index in [0.29, 0.717) is 63.3 Å². The fourth-order valence-corrected chi connectivity index (χ4v) is 4.56. The van der Waals surface area contributed by atoms with Crippen LogP contribution in [0.5, 0.6) is 0 Å². The molecule has 2 aromatic heterocycles. The Bertz CT molecular complexity index is 1410. The summed E-state index contributed by atoms with van der Waals surface area (Å²) in [5.41, 5.74) is 2.92. The van der Waals surface area contributed by atoms with Gasteiger partial charge in [-0.1, -0.05) is 12.1 Å². The van der Waals surface area contributed by atoms with Crippen LogP contribution in [-0.2, 0) is 30.2 Å². The summed E-state index contributed by atoms with van der Waals surface area (Å²) >= 11 is 0. The van der Waals surface area contributed by atoms with E-state index in [2.05, 4.69) is 15.2 Å². The van der Waals surface area contributed by atoms with Crippen LogP contribution < -0.4 is 16.6 Å². The highest BCUT2D eigenvalue weighted by Crippen LogP contribution is 2.18. The number of aromatic nitrogens is 4. The average Bonchev–Trinajstić information content (AvgIpc) is 3.28. The number of imidazole rings is 1. The van der Waals surface area contributed by atoms with Gasteiger partial charge in [-0.25, -0.2) is 9.78 Å². The molecule has 36 heavy (non-hydrogen) atoms. The molecule has 0 aliphatic carbocycles. The Balaban J connectivity index is 1.25. The lowest BCUT2D eigenvalue weighted by molar-refractivity contribution is -0.133. The predicted molar refractivity (Wildman–Crippen MR) is 137 cm³/mol. The number of hydrogen-bond acceptors (Lipinski definition) is 6. The number of aryl methyl sites for hydroxylation is 3. The second-order valence-electron chi connectivity index (χ2n) is 9.37. The molecule has 0 bridgehead atoms. The van der Waals surface area contributed by atoms with Gasteiger partial charge in [0.05, 0.1) is 12.9 Å². The molecule has 0 atom stereocenters. The molecule has 1 aliphatic heterocycles. The molecule has 1 aliphatic rings. The van der Waals surface area contributed by atoms with E-state index >= 15 is 0 Å². The molecule has 1 saturated heterocycles. The number of nitrogens with one attached hydrogen (secondary N) is 1. The van der Waals surface area contributed by atoms with Gasteiger partial charge in [0.1, 0.15) is 0 Å². The van der Waals surface area contributed by atoms with Crippen molar-refractivity contribution in [2.75, 3.05) is 38.0 Å². The van der Waals surface area contributed by atoms with Crippen molar-refractivity contribution < 1.29 is 9.59 Å². The minimum Gasteiger partial charge on any atom is -0.340 e. The van der Waals surface area contributed by atoms with Crippen LogP contribution in [0.4, 0.5) is 5.69 Å². The van der Waals surface area contributed by atoms with Gasteiger partial charge in [0.2, 0.25) is 11.8 Å². The van der Waals surface area contributed by atoms with Crippen LogP contribution in [0.15, 0.2) is 34.1 Å². The van der Waals surface area contributed by atoms with Crippen LogP contribution in [0, 0.1) is 13.8 Å². The maximum atomic E-state index is 12.7. The Morgan fingerprint density at radius 1 is 1.03 bits per heavy atom. The first kappa shape index (κ1) is 25.4. The summed E-state index contributed by atoms with van der Waals surface area (Å²) in [5, 5.41) is 2.99. The summed E-state index contributed by atoms with van der Waals surface area (Å²) in [7, 11) is 3.02. The molecule has 192 valence electrons. The van der Waals surface area contributed by atoms with E-state index in [-0.39, 0.29) is 11.8 Å². The number of piperazine rings is 1. The molecule has 2 amide bonds. The van der Waals surface area contributed by atoms with Crippen LogP contribution >= 0.6 is 0 Å². The summed E-state index contributed by atoms with van der Waals surface area (Å²) in [5.74, 6) is -0.00103. The van der Waals surface area contributed by atoms with E-state index < -0.39 is 11.2 Å². The first-order valence-electron chi connectivity index (χ1n) is 12.1. The van der Waals surface area contributed by atoms with Gasteiger partial charge in [0.15, 0.2) is 11.2 Å². The highest BCUT2D eigenvalue weighted by Gasteiger charge is 2.22. The second-order valence-corrected chi connectivity index (χ2v) is 9.37. The van der Waals surface area contributed by atoms with Crippen molar-refractivity contribution >= 4 is 28.7 Å². The summed E-state index contributed by atoms with van der Waals surface area (Å²) in [4.78, 5) is 58.0. The van der Waals surface area contributed by atoms with Crippen molar-refractivity contribution in [2.45, 2.75) is 33.2 Å². The van der Waals surface area contributed by atoms with Crippen LogP contribution in [0.25, 0.3) is 11.2 Å². The summed E-state index contributed by atoms with van der Waals surface area (Å²) in [6, 6.07) is 5.85. The van der Waals surface area contributed by atoms with Crippen molar-refractivity contribution in [3.8, 4) is 0 Å². The monoisotopic (exact) mass is 495 g/mol.